The Labute approximate surface area is 108 Å². The number of ether oxygens (including phenoxy) is 1. The number of benzene rings is 1. The van der Waals surface area contributed by atoms with Crippen LogP contribution in [0.15, 0.2) is 18.2 Å². The molecular weight excluding hydrogens is 224 g/mol. The molecule has 3 heteroatoms. The van der Waals surface area contributed by atoms with E-state index >= 15 is 0 Å². The Morgan fingerprint density at radius 1 is 1.33 bits per heavy atom. The predicted octanol–water partition coefficient (Wildman–Crippen LogP) is 2.95. The van der Waals surface area contributed by atoms with Crippen molar-refractivity contribution >= 4 is 0 Å². The maximum absolute atomic E-state index is 9.19. The average molecular weight is 240 g/mol. The highest BCUT2D eigenvalue weighted by Crippen LogP contribution is 2.43. The molecule has 0 saturated carbocycles. The smallest absolute Gasteiger partial charge is 0.142 e. The Bertz CT molecular complexity index is 524. The van der Waals surface area contributed by atoms with E-state index in [1.54, 1.807) is 7.11 Å². The van der Waals surface area contributed by atoms with E-state index < -0.39 is 5.92 Å². The summed E-state index contributed by atoms with van der Waals surface area (Å²) in [6.45, 7) is 2.02. The topological polar surface area (TPSA) is 56.8 Å². The van der Waals surface area contributed by atoms with Crippen molar-refractivity contribution in [2.24, 2.45) is 5.92 Å². The highest BCUT2D eigenvalue weighted by molar-refractivity contribution is 5.44. The molecular formula is C15H16N2O. The van der Waals surface area contributed by atoms with E-state index in [9.17, 15) is 10.5 Å². The summed E-state index contributed by atoms with van der Waals surface area (Å²) in [5, 5.41) is 18.4. The number of rotatable bonds is 2. The highest BCUT2D eigenvalue weighted by Gasteiger charge is 2.40. The molecule has 18 heavy (non-hydrogen) atoms. The molecule has 0 bridgehead atoms. The molecule has 0 fully saturated rings. The van der Waals surface area contributed by atoms with Crippen molar-refractivity contribution in [3.8, 4) is 17.9 Å². The molecule has 92 valence electrons. The highest BCUT2D eigenvalue weighted by atomic mass is 16.5. The van der Waals surface area contributed by atoms with Crippen LogP contribution in [0.4, 0.5) is 0 Å². The van der Waals surface area contributed by atoms with Crippen LogP contribution < -0.4 is 4.74 Å². The van der Waals surface area contributed by atoms with E-state index in [4.69, 9.17) is 4.74 Å². The van der Waals surface area contributed by atoms with Gasteiger partial charge in [0, 0.05) is 5.41 Å². The van der Waals surface area contributed by atoms with Crippen LogP contribution in [-0.4, -0.2) is 7.11 Å². The third-order valence-electron chi connectivity index (χ3n) is 3.97. The lowest BCUT2D eigenvalue weighted by atomic mass is 9.65. The van der Waals surface area contributed by atoms with Crippen molar-refractivity contribution in [2.75, 3.05) is 7.11 Å². The van der Waals surface area contributed by atoms with E-state index in [1.165, 1.54) is 5.56 Å². The van der Waals surface area contributed by atoms with Gasteiger partial charge in [-0.1, -0.05) is 13.0 Å². The van der Waals surface area contributed by atoms with Crippen molar-refractivity contribution in [2.45, 2.75) is 31.6 Å². The second-order valence-corrected chi connectivity index (χ2v) is 4.99. The third-order valence-corrected chi connectivity index (χ3v) is 3.97. The quantitative estimate of drug-likeness (QED) is 0.798. The maximum atomic E-state index is 9.19. The second kappa shape index (κ2) is 4.70. The van der Waals surface area contributed by atoms with Crippen molar-refractivity contribution in [3.05, 3.63) is 29.3 Å². The van der Waals surface area contributed by atoms with Gasteiger partial charge in [-0.3, -0.25) is 0 Å². The molecule has 1 aromatic rings. The lowest BCUT2D eigenvalue weighted by Crippen LogP contribution is -2.34. The summed E-state index contributed by atoms with van der Waals surface area (Å²) in [6.07, 6.45) is 2.91. The Morgan fingerprint density at radius 2 is 2.06 bits per heavy atom. The van der Waals surface area contributed by atoms with Crippen molar-refractivity contribution < 1.29 is 4.74 Å². The fourth-order valence-corrected chi connectivity index (χ4v) is 2.83. The number of nitriles is 2. The van der Waals surface area contributed by atoms with E-state index in [0.717, 1.165) is 30.6 Å². The molecule has 0 spiro atoms. The standard InChI is InChI=1S/C15H16N2O/c1-15(12(9-16)10-17)7-3-4-11-5-6-13(18-2)8-14(11)15/h5-6,8,12H,3-4,7H2,1-2H3. The molecule has 2 rings (SSSR count). The zero-order valence-electron chi connectivity index (χ0n) is 10.7. The third kappa shape index (κ3) is 1.83. The molecule has 1 aliphatic rings. The SMILES string of the molecule is COc1ccc2c(c1)C(C)(C(C#N)C#N)CCC2. The molecule has 0 aliphatic heterocycles. The van der Waals surface area contributed by atoms with Crippen LogP contribution in [0.1, 0.15) is 30.9 Å². The van der Waals surface area contributed by atoms with Gasteiger partial charge in [0.25, 0.3) is 0 Å². The van der Waals surface area contributed by atoms with Gasteiger partial charge in [-0.15, -0.1) is 0 Å². The molecule has 0 amide bonds. The largest absolute Gasteiger partial charge is 0.497 e. The average Bonchev–Trinajstić information content (AvgIpc) is 2.40. The van der Waals surface area contributed by atoms with Crippen LogP contribution in [0.2, 0.25) is 0 Å². The van der Waals surface area contributed by atoms with Crippen molar-refractivity contribution in [1.29, 1.82) is 10.5 Å². The summed E-state index contributed by atoms with van der Waals surface area (Å²) in [4.78, 5) is 0. The number of hydrogen-bond donors (Lipinski definition) is 0. The molecule has 1 aliphatic carbocycles. The fraction of sp³-hybridized carbons (Fsp3) is 0.467. The number of hydrogen-bond acceptors (Lipinski definition) is 3. The van der Waals surface area contributed by atoms with Crippen LogP contribution in [0.5, 0.6) is 5.75 Å². The Balaban J connectivity index is 2.56. The zero-order valence-corrected chi connectivity index (χ0v) is 10.7. The number of aryl methyl sites for hydroxylation is 1. The predicted molar refractivity (Wildman–Crippen MR) is 68.0 cm³/mol. The van der Waals surface area contributed by atoms with Crippen molar-refractivity contribution in [3.63, 3.8) is 0 Å². The van der Waals surface area contributed by atoms with Gasteiger partial charge in [0.1, 0.15) is 11.7 Å². The molecule has 0 saturated heterocycles. The Hall–Kier alpha value is -2.00. The molecule has 1 atom stereocenters. The van der Waals surface area contributed by atoms with Gasteiger partial charge in [-0.2, -0.15) is 10.5 Å². The summed E-state index contributed by atoms with van der Waals surface area (Å²) >= 11 is 0. The van der Waals surface area contributed by atoms with Gasteiger partial charge < -0.3 is 4.74 Å². The minimum atomic E-state index is -0.608. The van der Waals surface area contributed by atoms with Gasteiger partial charge in [-0.05, 0) is 42.5 Å². The summed E-state index contributed by atoms with van der Waals surface area (Å²) in [7, 11) is 1.63. The Kier molecular flexibility index (Phi) is 3.26. The van der Waals surface area contributed by atoms with E-state index in [1.807, 2.05) is 19.1 Å². The lowest BCUT2D eigenvalue weighted by Gasteiger charge is -2.36. The van der Waals surface area contributed by atoms with Crippen LogP contribution in [0, 0.1) is 28.6 Å². The minimum absolute atomic E-state index is 0.383. The fourth-order valence-electron chi connectivity index (χ4n) is 2.83. The molecule has 1 unspecified atom stereocenters. The number of fused-ring (bicyclic) bond motifs is 1. The summed E-state index contributed by atoms with van der Waals surface area (Å²) in [5.74, 6) is 0.181. The summed E-state index contributed by atoms with van der Waals surface area (Å²) in [6, 6.07) is 10.3. The lowest BCUT2D eigenvalue weighted by molar-refractivity contribution is 0.346. The number of methoxy groups -OCH3 is 1. The first kappa shape index (κ1) is 12.5. The van der Waals surface area contributed by atoms with E-state index in [0.29, 0.717) is 0 Å². The Morgan fingerprint density at radius 3 is 2.67 bits per heavy atom. The van der Waals surface area contributed by atoms with Gasteiger partial charge in [-0.25, -0.2) is 0 Å². The van der Waals surface area contributed by atoms with Crippen LogP contribution in [-0.2, 0) is 11.8 Å². The zero-order chi connectivity index (χ0) is 13.2. The first-order valence-electron chi connectivity index (χ1n) is 6.12. The second-order valence-electron chi connectivity index (χ2n) is 4.99. The van der Waals surface area contributed by atoms with Crippen molar-refractivity contribution in [1.82, 2.24) is 0 Å². The van der Waals surface area contributed by atoms with Crippen LogP contribution >= 0.6 is 0 Å². The summed E-state index contributed by atoms with van der Waals surface area (Å²) < 4.78 is 5.25. The van der Waals surface area contributed by atoms with E-state index in [-0.39, 0.29) is 5.41 Å². The van der Waals surface area contributed by atoms with Gasteiger partial charge in [0.05, 0.1) is 19.2 Å². The molecule has 3 nitrogen and oxygen atoms in total. The van der Waals surface area contributed by atoms with Crippen LogP contribution in [0.25, 0.3) is 0 Å². The first-order valence-corrected chi connectivity index (χ1v) is 6.12. The maximum Gasteiger partial charge on any atom is 0.142 e. The monoisotopic (exact) mass is 240 g/mol. The first-order chi connectivity index (χ1) is 8.65. The molecule has 0 N–H and O–H groups in total. The molecule has 0 radical (unpaired) electrons. The van der Waals surface area contributed by atoms with Crippen LogP contribution in [0.3, 0.4) is 0 Å². The normalized spacial score (nSPS) is 21.8. The summed E-state index contributed by atoms with van der Waals surface area (Å²) in [5.41, 5.74) is 1.95. The van der Waals surface area contributed by atoms with Gasteiger partial charge in [0.2, 0.25) is 0 Å². The molecule has 0 aromatic heterocycles. The number of nitrogens with zero attached hydrogens (tertiary/aromatic N) is 2. The molecule has 1 aromatic carbocycles. The van der Waals surface area contributed by atoms with Gasteiger partial charge >= 0.3 is 0 Å². The minimum Gasteiger partial charge on any atom is -0.497 e. The molecule has 0 heterocycles. The van der Waals surface area contributed by atoms with Gasteiger partial charge in [0.15, 0.2) is 0 Å². The van der Waals surface area contributed by atoms with E-state index in [2.05, 4.69) is 18.2 Å².